The Bertz CT molecular complexity index is 548. The minimum atomic E-state index is -0.471. The molecule has 0 fully saturated rings. The van der Waals surface area contributed by atoms with E-state index in [1.54, 1.807) is 13.8 Å². The number of rotatable bonds is 2. The highest BCUT2D eigenvalue weighted by atomic mass is 19.1. The number of aryl methyl sites for hydroxylation is 1. The lowest BCUT2D eigenvalue weighted by Crippen LogP contribution is -1.99. The number of benzene rings is 2. The van der Waals surface area contributed by atoms with Crippen LogP contribution in [0.15, 0.2) is 36.4 Å². The molecule has 0 saturated heterocycles. The van der Waals surface area contributed by atoms with Gasteiger partial charge in [-0.25, -0.2) is 8.78 Å². The molecule has 94 valence electrons. The molecule has 0 saturated carbocycles. The fourth-order valence-corrected chi connectivity index (χ4v) is 2.13. The fraction of sp³-hybridized carbons (Fsp3) is 0.250. The highest BCUT2D eigenvalue weighted by Crippen LogP contribution is 2.28. The summed E-state index contributed by atoms with van der Waals surface area (Å²) in [4.78, 5) is 0. The van der Waals surface area contributed by atoms with E-state index in [1.165, 1.54) is 12.1 Å². The van der Waals surface area contributed by atoms with Gasteiger partial charge in [-0.1, -0.05) is 43.7 Å². The SMILES string of the molecule is Cc1cccc(-c2cc(F)c(C(C)C)c(F)c2)c1. The van der Waals surface area contributed by atoms with Gasteiger partial charge in [0.15, 0.2) is 0 Å². The summed E-state index contributed by atoms with van der Waals surface area (Å²) >= 11 is 0. The van der Waals surface area contributed by atoms with Crippen LogP contribution in [0.25, 0.3) is 11.1 Å². The zero-order chi connectivity index (χ0) is 13.3. The van der Waals surface area contributed by atoms with Crippen molar-refractivity contribution in [1.29, 1.82) is 0 Å². The van der Waals surface area contributed by atoms with E-state index in [1.807, 2.05) is 31.2 Å². The van der Waals surface area contributed by atoms with Crippen LogP contribution < -0.4 is 0 Å². The highest BCUT2D eigenvalue weighted by Gasteiger charge is 2.14. The molecule has 0 heterocycles. The molecule has 0 radical (unpaired) electrons. The summed E-state index contributed by atoms with van der Waals surface area (Å²) in [5.41, 5.74) is 2.65. The van der Waals surface area contributed by atoms with Gasteiger partial charge in [0.1, 0.15) is 11.6 Å². The molecule has 0 aliphatic carbocycles. The zero-order valence-corrected chi connectivity index (χ0v) is 10.8. The molecule has 2 aromatic rings. The second-order valence-corrected chi connectivity index (χ2v) is 4.88. The van der Waals surface area contributed by atoms with Gasteiger partial charge in [0.05, 0.1) is 0 Å². The quantitative estimate of drug-likeness (QED) is 0.694. The molecule has 0 unspecified atom stereocenters. The van der Waals surface area contributed by atoms with Crippen molar-refractivity contribution >= 4 is 0 Å². The van der Waals surface area contributed by atoms with Crippen molar-refractivity contribution in [2.45, 2.75) is 26.7 Å². The van der Waals surface area contributed by atoms with Gasteiger partial charge in [0, 0.05) is 5.56 Å². The van der Waals surface area contributed by atoms with Crippen LogP contribution in [0.4, 0.5) is 8.78 Å². The van der Waals surface area contributed by atoms with E-state index < -0.39 is 11.6 Å². The van der Waals surface area contributed by atoms with Crippen molar-refractivity contribution in [2.75, 3.05) is 0 Å². The van der Waals surface area contributed by atoms with Crippen molar-refractivity contribution in [2.24, 2.45) is 0 Å². The Balaban J connectivity index is 2.55. The first-order valence-electron chi connectivity index (χ1n) is 6.05. The summed E-state index contributed by atoms with van der Waals surface area (Å²) in [6, 6.07) is 10.4. The Labute approximate surface area is 106 Å². The van der Waals surface area contributed by atoms with Crippen molar-refractivity contribution in [3.05, 3.63) is 59.2 Å². The molecule has 18 heavy (non-hydrogen) atoms. The second-order valence-electron chi connectivity index (χ2n) is 4.88. The molecule has 0 nitrogen and oxygen atoms in total. The molecule has 0 aliphatic heterocycles. The average Bonchev–Trinajstić information content (AvgIpc) is 2.27. The van der Waals surface area contributed by atoms with Crippen molar-refractivity contribution in [3.63, 3.8) is 0 Å². The average molecular weight is 246 g/mol. The first-order valence-corrected chi connectivity index (χ1v) is 6.05. The van der Waals surface area contributed by atoms with Gasteiger partial charge in [-0.15, -0.1) is 0 Å². The maximum absolute atomic E-state index is 13.9. The van der Waals surface area contributed by atoms with Crippen LogP contribution in [-0.2, 0) is 0 Å². The van der Waals surface area contributed by atoms with E-state index >= 15 is 0 Å². The van der Waals surface area contributed by atoms with Crippen LogP contribution in [0.5, 0.6) is 0 Å². The Morgan fingerprint density at radius 1 is 0.889 bits per heavy atom. The van der Waals surface area contributed by atoms with E-state index in [0.29, 0.717) is 5.56 Å². The molecule has 0 spiro atoms. The molecule has 0 aliphatic rings. The van der Waals surface area contributed by atoms with Crippen LogP contribution >= 0.6 is 0 Å². The maximum Gasteiger partial charge on any atom is 0.130 e. The normalized spacial score (nSPS) is 11.0. The zero-order valence-electron chi connectivity index (χ0n) is 10.8. The van der Waals surface area contributed by atoms with Gasteiger partial charge in [-0.05, 0) is 36.1 Å². The van der Waals surface area contributed by atoms with Crippen LogP contribution in [0, 0.1) is 18.6 Å². The summed E-state index contributed by atoms with van der Waals surface area (Å²) in [5.74, 6) is -1.10. The topological polar surface area (TPSA) is 0 Å². The summed E-state index contributed by atoms with van der Waals surface area (Å²) in [6.45, 7) is 5.53. The lowest BCUT2D eigenvalue weighted by molar-refractivity contribution is 0.542. The minimum Gasteiger partial charge on any atom is -0.207 e. The molecule has 2 heteroatoms. The number of hydrogen-bond donors (Lipinski definition) is 0. The lowest BCUT2D eigenvalue weighted by atomic mass is 9.96. The van der Waals surface area contributed by atoms with Gasteiger partial charge >= 0.3 is 0 Å². The third-order valence-electron chi connectivity index (χ3n) is 3.01. The van der Waals surface area contributed by atoms with Gasteiger partial charge in [0.2, 0.25) is 0 Å². The van der Waals surface area contributed by atoms with Gasteiger partial charge < -0.3 is 0 Å². The van der Waals surface area contributed by atoms with E-state index in [-0.39, 0.29) is 11.5 Å². The molecule has 0 N–H and O–H groups in total. The standard InChI is InChI=1S/C16H16F2/c1-10(2)16-14(17)8-13(9-15(16)18)12-6-4-5-11(3)7-12/h4-10H,1-3H3. The molecular weight excluding hydrogens is 230 g/mol. The van der Waals surface area contributed by atoms with E-state index in [4.69, 9.17) is 0 Å². The summed E-state index contributed by atoms with van der Waals surface area (Å²) in [7, 11) is 0. The van der Waals surface area contributed by atoms with Gasteiger partial charge in [-0.2, -0.15) is 0 Å². The third-order valence-corrected chi connectivity index (χ3v) is 3.01. The smallest absolute Gasteiger partial charge is 0.130 e. The molecule has 2 aromatic carbocycles. The Hall–Kier alpha value is -1.70. The van der Waals surface area contributed by atoms with Crippen molar-refractivity contribution in [1.82, 2.24) is 0 Å². The fourth-order valence-electron chi connectivity index (χ4n) is 2.13. The molecule has 0 aromatic heterocycles. The lowest BCUT2D eigenvalue weighted by Gasteiger charge is -2.11. The molecule has 2 rings (SSSR count). The van der Waals surface area contributed by atoms with E-state index in [0.717, 1.165) is 11.1 Å². The van der Waals surface area contributed by atoms with Crippen LogP contribution in [0.3, 0.4) is 0 Å². The third kappa shape index (κ3) is 2.42. The maximum atomic E-state index is 13.9. The number of halogens is 2. The predicted molar refractivity (Wildman–Crippen MR) is 70.6 cm³/mol. The van der Waals surface area contributed by atoms with E-state index in [2.05, 4.69) is 0 Å². The highest BCUT2D eigenvalue weighted by molar-refractivity contribution is 5.65. The Kier molecular flexibility index (Phi) is 3.46. The van der Waals surface area contributed by atoms with Crippen LogP contribution in [-0.4, -0.2) is 0 Å². The predicted octanol–water partition coefficient (Wildman–Crippen LogP) is 5.06. The van der Waals surface area contributed by atoms with Crippen LogP contribution in [0.2, 0.25) is 0 Å². The van der Waals surface area contributed by atoms with Crippen molar-refractivity contribution in [3.8, 4) is 11.1 Å². The Morgan fingerprint density at radius 2 is 1.50 bits per heavy atom. The Morgan fingerprint density at radius 3 is 2.00 bits per heavy atom. The second kappa shape index (κ2) is 4.89. The minimum absolute atomic E-state index is 0.156. The number of hydrogen-bond acceptors (Lipinski definition) is 0. The molecule has 0 bridgehead atoms. The molecular formula is C16H16F2. The summed E-state index contributed by atoms with van der Waals surface area (Å²) < 4.78 is 27.8. The van der Waals surface area contributed by atoms with Crippen molar-refractivity contribution < 1.29 is 8.78 Å². The first kappa shape index (κ1) is 12.7. The van der Waals surface area contributed by atoms with Crippen LogP contribution in [0.1, 0.15) is 30.9 Å². The summed E-state index contributed by atoms with van der Waals surface area (Å²) in [6.07, 6.45) is 0. The van der Waals surface area contributed by atoms with Gasteiger partial charge in [-0.3, -0.25) is 0 Å². The monoisotopic (exact) mass is 246 g/mol. The first-order chi connectivity index (χ1) is 8.49. The molecule has 0 atom stereocenters. The van der Waals surface area contributed by atoms with E-state index in [9.17, 15) is 8.78 Å². The largest absolute Gasteiger partial charge is 0.207 e. The molecule has 0 amide bonds. The summed E-state index contributed by atoms with van der Waals surface area (Å²) in [5, 5.41) is 0. The van der Waals surface area contributed by atoms with Gasteiger partial charge in [0.25, 0.3) is 0 Å².